The van der Waals surface area contributed by atoms with Crippen molar-refractivity contribution in [1.82, 2.24) is 15.3 Å². The van der Waals surface area contributed by atoms with E-state index in [9.17, 15) is 9.59 Å². The van der Waals surface area contributed by atoms with Gasteiger partial charge < -0.3 is 15.0 Å². The minimum Gasteiger partial charge on any atom is -0.456 e. The molecule has 7 nitrogen and oxygen atoms in total. The van der Waals surface area contributed by atoms with Crippen molar-refractivity contribution in [3.05, 3.63) is 16.5 Å². The van der Waals surface area contributed by atoms with Crippen LogP contribution in [0.4, 0.5) is 5.82 Å². The van der Waals surface area contributed by atoms with Crippen LogP contribution in [-0.4, -0.2) is 41.0 Å². The van der Waals surface area contributed by atoms with Crippen molar-refractivity contribution >= 4 is 29.3 Å². The summed E-state index contributed by atoms with van der Waals surface area (Å²) in [6.07, 6.45) is 0.901. The second-order valence-electron chi connectivity index (χ2n) is 6.97. The summed E-state index contributed by atoms with van der Waals surface area (Å²) >= 11 is 6.03. The molecule has 0 saturated carbocycles. The minimum absolute atomic E-state index is 0.0749. The molecule has 132 valence electrons. The van der Waals surface area contributed by atoms with Gasteiger partial charge in [-0.25, -0.2) is 9.97 Å². The number of esters is 1. The number of ether oxygens (including phenoxy) is 1. The first-order chi connectivity index (χ1) is 11.1. The van der Waals surface area contributed by atoms with Gasteiger partial charge in [0.15, 0.2) is 0 Å². The average Bonchev–Trinajstić information content (AvgIpc) is 2.77. The summed E-state index contributed by atoms with van der Waals surface area (Å²) in [7, 11) is 1.78. The Kier molecular flexibility index (Phi) is 5.32. The van der Waals surface area contributed by atoms with Crippen LogP contribution >= 0.6 is 11.6 Å². The van der Waals surface area contributed by atoms with Gasteiger partial charge in [0.25, 0.3) is 0 Å². The van der Waals surface area contributed by atoms with E-state index in [0.29, 0.717) is 24.4 Å². The number of hydrogen-bond acceptors (Lipinski definition) is 6. The molecule has 0 bridgehead atoms. The lowest BCUT2D eigenvalue weighted by molar-refractivity contribution is -0.146. The molecule has 1 aromatic heterocycles. The van der Waals surface area contributed by atoms with E-state index in [0.717, 1.165) is 5.56 Å². The number of hydrogen-bond donors (Lipinski definition) is 1. The topological polar surface area (TPSA) is 84.4 Å². The van der Waals surface area contributed by atoms with Crippen molar-refractivity contribution in [3.8, 4) is 0 Å². The van der Waals surface area contributed by atoms with Gasteiger partial charge in [-0.1, -0.05) is 0 Å². The smallest absolute Gasteiger partial charge is 0.303 e. The normalized spacial score (nSPS) is 16.5. The third kappa shape index (κ3) is 4.56. The van der Waals surface area contributed by atoms with Crippen LogP contribution in [0.1, 0.15) is 51.5 Å². The monoisotopic (exact) mass is 354 g/mol. The SMILES string of the molecule is CC(=O)OC1CCc2c1nc(Cl)nc2N(C)CC(=O)NC(C)(C)C. The zero-order valence-corrected chi connectivity index (χ0v) is 15.4. The standard InChI is InChI=1S/C16H23ClN4O3/c1-9(22)24-11-7-6-10-13(11)18-15(17)19-14(10)21(5)8-12(23)20-16(2,3)4/h11H,6-8H2,1-5H3,(H,20,23). The molecule has 2 rings (SSSR count). The number of nitrogens with zero attached hydrogens (tertiary/aromatic N) is 3. The number of anilines is 1. The molecule has 0 spiro atoms. The van der Waals surface area contributed by atoms with Crippen molar-refractivity contribution in [1.29, 1.82) is 0 Å². The minimum atomic E-state index is -0.409. The van der Waals surface area contributed by atoms with Crippen molar-refractivity contribution in [3.63, 3.8) is 0 Å². The molecule has 1 aliphatic rings. The molecule has 0 aliphatic heterocycles. The summed E-state index contributed by atoms with van der Waals surface area (Å²) in [5.74, 6) is 0.133. The number of carbonyl (C=O) groups is 2. The summed E-state index contributed by atoms with van der Waals surface area (Å²) < 4.78 is 5.29. The van der Waals surface area contributed by atoms with Gasteiger partial charge in [-0.15, -0.1) is 0 Å². The molecule has 1 aromatic rings. The Morgan fingerprint density at radius 2 is 2.04 bits per heavy atom. The van der Waals surface area contributed by atoms with Gasteiger partial charge in [0.2, 0.25) is 11.2 Å². The van der Waals surface area contributed by atoms with Crippen LogP contribution in [-0.2, 0) is 20.7 Å². The van der Waals surface area contributed by atoms with Gasteiger partial charge in [0.1, 0.15) is 11.9 Å². The zero-order chi connectivity index (χ0) is 18.1. The first-order valence-electron chi connectivity index (χ1n) is 7.82. The molecule has 0 saturated heterocycles. The molecular weight excluding hydrogens is 332 g/mol. The number of aromatic nitrogens is 2. The molecule has 0 radical (unpaired) electrons. The lowest BCUT2D eigenvalue weighted by atomic mass is 10.1. The number of amides is 1. The van der Waals surface area contributed by atoms with Crippen molar-refractivity contribution in [2.75, 3.05) is 18.5 Å². The Morgan fingerprint density at radius 3 is 2.62 bits per heavy atom. The van der Waals surface area contributed by atoms with Crippen LogP contribution in [0.3, 0.4) is 0 Å². The van der Waals surface area contributed by atoms with Crippen molar-refractivity contribution in [2.24, 2.45) is 0 Å². The summed E-state index contributed by atoms with van der Waals surface area (Å²) in [5, 5.41) is 2.99. The predicted molar refractivity (Wildman–Crippen MR) is 91.0 cm³/mol. The van der Waals surface area contributed by atoms with E-state index in [1.54, 1.807) is 11.9 Å². The maximum atomic E-state index is 12.1. The second-order valence-corrected chi connectivity index (χ2v) is 7.31. The van der Waals surface area contributed by atoms with Crippen LogP contribution in [0.15, 0.2) is 0 Å². The third-order valence-corrected chi connectivity index (χ3v) is 3.69. The number of likely N-dealkylation sites (N-methyl/N-ethyl adjacent to an activating group) is 1. The number of fused-ring (bicyclic) bond motifs is 1. The highest BCUT2D eigenvalue weighted by Gasteiger charge is 2.31. The molecule has 1 atom stereocenters. The summed E-state index contributed by atoms with van der Waals surface area (Å²) in [4.78, 5) is 33.6. The molecular formula is C16H23ClN4O3. The van der Waals surface area contributed by atoms with Gasteiger partial charge in [-0.05, 0) is 45.2 Å². The lowest BCUT2D eigenvalue weighted by Crippen LogP contribution is -2.45. The Balaban J connectivity index is 2.22. The fourth-order valence-electron chi connectivity index (χ4n) is 2.76. The second kappa shape index (κ2) is 6.93. The molecule has 1 amide bonds. The number of rotatable bonds is 4. The number of nitrogens with one attached hydrogen (secondary N) is 1. The van der Waals surface area contributed by atoms with Gasteiger partial charge in [-0.3, -0.25) is 9.59 Å². The van der Waals surface area contributed by atoms with Gasteiger partial charge in [0.05, 0.1) is 12.2 Å². The number of carbonyl (C=O) groups excluding carboxylic acids is 2. The molecule has 8 heteroatoms. The van der Waals surface area contributed by atoms with Crippen LogP contribution in [0.5, 0.6) is 0 Å². The van der Waals surface area contributed by atoms with Crippen molar-refractivity contribution < 1.29 is 14.3 Å². The van der Waals surface area contributed by atoms with E-state index in [2.05, 4.69) is 15.3 Å². The fourth-order valence-corrected chi connectivity index (χ4v) is 2.93. The average molecular weight is 355 g/mol. The van der Waals surface area contributed by atoms with Crippen LogP contribution in [0.2, 0.25) is 5.28 Å². The van der Waals surface area contributed by atoms with Gasteiger partial charge >= 0.3 is 5.97 Å². The Bertz CT molecular complexity index is 657. The molecule has 0 aromatic carbocycles. The quantitative estimate of drug-likeness (QED) is 0.658. The maximum Gasteiger partial charge on any atom is 0.303 e. The highest BCUT2D eigenvalue weighted by atomic mass is 35.5. The highest BCUT2D eigenvalue weighted by molar-refractivity contribution is 6.28. The van der Waals surface area contributed by atoms with Crippen molar-refractivity contribution in [2.45, 2.75) is 52.2 Å². The molecule has 0 fully saturated rings. The molecule has 24 heavy (non-hydrogen) atoms. The molecule has 1 N–H and O–H groups in total. The Labute approximate surface area is 146 Å². The summed E-state index contributed by atoms with van der Waals surface area (Å²) in [6.45, 7) is 7.29. The Hall–Kier alpha value is -1.89. The van der Waals surface area contributed by atoms with E-state index in [1.807, 2.05) is 20.8 Å². The first kappa shape index (κ1) is 18.4. The largest absolute Gasteiger partial charge is 0.456 e. The number of halogens is 1. The third-order valence-electron chi connectivity index (χ3n) is 3.52. The van der Waals surface area contributed by atoms with E-state index in [1.165, 1.54) is 6.92 Å². The fraction of sp³-hybridized carbons (Fsp3) is 0.625. The highest BCUT2D eigenvalue weighted by Crippen LogP contribution is 2.37. The molecule has 1 heterocycles. The van der Waals surface area contributed by atoms with Gasteiger partial charge in [0, 0.05) is 25.1 Å². The Morgan fingerprint density at radius 1 is 1.38 bits per heavy atom. The van der Waals surface area contributed by atoms with E-state index < -0.39 is 6.10 Å². The van der Waals surface area contributed by atoms with Crippen LogP contribution < -0.4 is 10.2 Å². The zero-order valence-electron chi connectivity index (χ0n) is 14.6. The maximum absolute atomic E-state index is 12.1. The molecule has 1 unspecified atom stereocenters. The first-order valence-corrected chi connectivity index (χ1v) is 8.20. The summed E-state index contributed by atoms with van der Waals surface area (Å²) in [5.41, 5.74) is 1.20. The van der Waals surface area contributed by atoms with E-state index in [-0.39, 0.29) is 29.2 Å². The molecule has 1 aliphatic carbocycles. The van der Waals surface area contributed by atoms with Gasteiger partial charge in [-0.2, -0.15) is 0 Å². The van der Waals surface area contributed by atoms with E-state index >= 15 is 0 Å². The predicted octanol–water partition coefficient (Wildman–Crippen LogP) is 2.03. The lowest BCUT2D eigenvalue weighted by Gasteiger charge is -2.25. The summed E-state index contributed by atoms with van der Waals surface area (Å²) in [6, 6.07) is 0. The van der Waals surface area contributed by atoms with Crippen LogP contribution in [0.25, 0.3) is 0 Å². The van der Waals surface area contributed by atoms with E-state index in [4.69, 9.17) is 16.3 Å². The van der Waals surface area contributed by atoms with Crippen LogP contribution in [0, 0.1) is 0 Å².